The number of thiocarbonyl (C=S) groups is 1. The van der Waals surface area contributed by atoms with E-state index >= 15 is 0 Å². The number of carbonyl (C=O) groups excluding carboxylic acids is 1. The Morgan fingerprint density at radius 1 is 1.00 bits per heavy atom. The predicted molar refractivity (Wildman–Crippen MR) is 139 cm³/mol. The first-order chi connectivity index (χ1) is 16.2. The molecule has 0 heterocycles. The van der Waals surface area contributed by atoms with Gasteiger partial charge in [-0.05, 0) is 86.2 Å². The first-order valence-electron chi connectivity index (χ1n) is 10.7. The van der Waals surface area contributed by atoms with Gasteiger partial charge in [0.25, 0.3) is 15.9 Å². The summed E-state index contributed by atoms with van der Waals surface area (Å²) in [4.78, 5) is 12.6. The van der Waals surface area contributed by atoms with Crippen LogP contribution in [0.25, 0.3) is 0 Å². The minimum Gasteiger partial charge on any atom is -0.491 e. The molecule has 1 atom stereocenters. The quantitative estimate of drug-likeness (QED) is 0.434. The SMILES string of the molecule is CCC(C)Oc1ccc(C(=O)NC(=S)Nc2ccc(S(=O)(=O)N(C)c3ccccc3)cc2)cc1. The van der Waals surface area contributed by atoms with Crippen LogP contribution >= 0.6 is 12.2 Å². The minimum atomic E-state index is -3.71. The fourth-order valence-electron chi connectivity index (χ4n) is 2.98. The van der Waals surface area contributed by atoms with Gasteiger partial charge in [-0.2, -0.15) is 0 Å². The second kappa shape index (κ2) is 11.1. The summed E-state index contributed by atoms with van der Waals surface area (Å²) in [5, 5.41) is 5.61. The Kier molecular flexibility index (Phi) is 8.25. The topological polar surface area (TPSA) is 87.7 Å². The molecule has 0 saturated carbocycles. The Bertz CT molecular complexity index is 1230. The number of para-hydroxylation sites is 1. The van der Waals surface area contributed by atoms with Crippen LogP contribution in [0.2, 0.25) is 0 Å². The fourth-order valence-corrected chi connectivity index (χ4v) is 4.39. The van der Waals surface area contributed by atoms with Crippen molar-refractivity contribution in [1.82, 2.24) is 5.32 Å². The summed E-state index contributed by atoms with van der Waals surface area (Å²) in [7, 11) is -2.21. The van der Waals surface area contributed by atoms with Gasteiger partial charge in [0, 0.05) is 18.3 Å². The molecular weight excluding hydrogens is 470 g/mol. The molecular formula is C25H27N3O4S2. The third kappa shape index (κ3) is 6.33. The molecule has 0 bridgehead atoms. The lowest BCUT2D eigenvalue weighted by Crippen LogP contribution is -2.34. The molecule has 1 unspecified atom stereocenters. The van der Waals surface area contributed by atoms with Crippen molar-refractivity contribution in [2.45, 2.75) is 31.3 Å². The number of hydrogen-bond acceptors (Lipinski definition) is 5. The van der Waals surface area contributed by atoms with E-state index in [2.05, 4.69) is 10.6 Å². The number of benzene rings is 3. The van der Waals surface area contributed by atoms with E-state index in [0.29, 0.717) is 22.7 Å². The van der Waals surface area contributed by atoms with Gasteiger partial charge in [0.15, 0.2) is 5.11 Å². The fraction of sp³-hybridized carbons (Fsp3) is 0.200. The minimum absolute atomic E-state index is 0.0940. The number of carbonyl (C=O) groups is 1. The van der Waals surface area contributed by atoms with Gasteiger partial charge in [-0.25, -0.2) is 8.42 Å². The second-order valence-corrected chi connectivity index (χ2v) is 9.98. The van der Waals surface area contributed by atoms with Crippen LogP contribution in [0.15, 0.2) is 83.8 Å². The van der Waals surface area contributed by atoms with E-state index in [0.717, 1.165) is 6.42 Å². The van der Waals surface area contributed by atoms with E-state index in [4.69, 9.17) is 17.0 Å². The zero-order valence-corrected chi connectivity index (χ0v) is 20.8. The summed E-state index contributed by atoms with van der Waals surface area (Å²) in [6, 6.07) is 21.8. The van der Waals surface area contributed by atoms with Crippen LogP contribution in [-0.2, 0) is 10.0 Å². The Morgan fingerprint density at radius 2 is 1.62 bits per heavy atom. The summed E-state index contributed by atoms with van der Waals surface area (Å²) in [5.74, 6) is 0.329. The van der Waals surface area contributed by atoms with Gasteiger partial charge >= 0.3 is 0 Å². The number of nitrogens with zero attached hydrogens (tertiary/aromatic N) is 1. The van der Waals surface area contributed by atoms with Gasteiger partial charge in [-0.1, -0.05) is 25.1 Å². The molecule has 0 aromatic heterocycles. The van der Waals surface area contributed by atoms with Crippen molar-refractivity contribution >= 4 is 44.6 Å². The maximum Gasteiger partial charge on any atom is 0.264 e. The standard InChI is InChI=1S/C25H27N3O4S2/c1-4-18(2)32-22-14-10-19(11-15-22)24(29)27-25(33)26-20-12-16-23(17-13-20)34(30,31)28(3)21-8-6-5-7-9-21/h5-18H,4H2,1-3H3,(H2,26,27,29,33). The van der Waals surface area contributed by atoms with Gasteiger partial charge in [0.05, 0.1) is 16.7 Å². The largest absolute Gasteiger partial charge is 0.491 e. The number of sulfonamides is 1. The van der Waals surface area contributed by atoms with Gasteiger partial charge in [-0.15, -0.1) is 0 Å². The Labute approximate surface area is 205 Å². The summed E-state index contributed by atoms with van der Waals surface area (Å²) in [5.41, 5.74) is 1.54. The first kappa shape index (κ1) is 25.2. The van der Waals surface area contributed by atoms with Crippen LogP contribution in [0.1, 0.15) is 30.6 Å². The molecule has 3 aromatic rings. The van der Waals surface area contributed by atoms with Crippen molar-refractivity contribution in [2.24, 2.45) is 0 Å². The maximum atomic E-state index is 12.9. The summed E-state index contributed by atoms with van der Waals surface area (Å²) >= 11 is 5.23. The molecule has 0 fully saturated rings. The number of rotatable bonds is 8. The van der Waals surface area contributed by atoms with E-state index in [1.54, 1.807) is 60.7 Å². The van der Waals surface area contributed by atoms with E-state index in [9.17, 15) is 13.2 Å². The van der Waals surface area contributed by atoms with Crippen LogP contribution in [0.3, 0.4) is 0 Å². The molecule has 0 spiro atoms. The third-order valence-electron chi connectivity index (χ3n) is 5.15. The molecule has 34 heavy (non-hydrogen) atoms. The van der Waals surface area contributed by atoms with E-state index in [-0.39, 0.29) is 22.0 Å². The molecule has 3 aromatic carbocycles. The van der Waals surface area contributed by atoms with Gasteiger partial charge < -0.3 is 10.1 Å². The van der Waals surface area contributed by atoms with E-state index in [1.807, 2.05) is 19.9 Å². The van der Waals surface area contributed by atoms with Gasteiger partial charge in [-0.3, -0.25) is 14.4 Å². The second-order valence-electron chi connectivity index (χ2n) is 7.60. The Hall–Kier alpha value is -3.43. The summed E-state index contributed by atoms with van der Waals surface area (Å²) < 4.78 is 32.7. The van der Waals surface area contributed by atoms with Crippen molar-refractivity contribution < 1.29 is 17.9 Å². The van der Waals surface area contributed by atoms with Gasteiger partial charge in [0.2, 0.25) is 0 Å². The van der Waals surface area contributed by atoms with E-state index in [1.165, 1.54) is 23.5 Å². The normalized spacial score (nSPS) is 11.9. The number of ether oxygens (including phenoxy) is 1. The molecule has 0 radical (unpaired) electrons. The highest BCUT2D eigenvalue weighted by Gasteiger charge is 2.21. The Balaban J connectivity index is 1.60. The van der Waals surface area contributed by atoms with Crippen LogP contribution in [0.5, 0.6) is 5.75 Å². The van der Waals surface area contributed by atoms with Crippen LogP contribution in [-0.4, -0.2) is 32.6 Å². The van der Waals surface area contributed by atoms with Gasteiger partial charge in [0.1, 0.15) is 5.75 Å². The molecule has 9 heteroatoms. The summed E-state index contributed by atoms with van der Waals surface area (Å²) in [6.45, 7) is 4.02. The van der Waals surface area contributed by atoms with Crippen LogP contribution in [0.4, 0.5) is 11.4 Å². The molecule has 0 aliphatic carbocycles. The van der Waals surface area contributed by atoms with Crippen molar-refractivity contribution in [1.29, 1.82) is 0 Å². The van der Waals surface area contributed by atoms with Crippen molar-refractivity contribution in [3.05, 3.63) is 84.4 Å². The maximum absolute atomic E-state index is 12.9. The van der Waals surface area contributed by atoms with Crippen LogP contribution in [0, 0.1) is 0 Å². The number of amides is 1. The highest BCUT2D eigenvalue weighted by molar-refractivity contribution is 7.92. The average molecular weight is 498 g/mol. The molecule has 2 N–H and O–H groups in total. The third-order valence-corrected chi connectivity index (χ3v) is 7.15. The van der Waals surface area contributed by atoms with E-state index < -0.39 is 10.0 Å². The van der Waals surface area contributed by atoms with Crippen molar-refractivity contribution in [3.63, 3.8) is 0 Å². The number of anilines is 2. The lowest BCUT2D eigenvalue weighted by Gasteiger charge is -2.19. The zero-order chi connectivity index (χ0) is 24.7. The first-order valence-corrected chi connectivity index (χ1v) is 12.6. The smallest absolute Gasteiger partial charge is 0.264 e. The van der Waals surface area contributed by atoms with Crippen LogP contribution < -0.4 is 19.7 Å². The predicted octanol–water partition coefficient (Wildman–Crippen LogP) is 4.82. The molecule has 7 nitrogen and oxygen atoms in total. The van der Waals surface area contributed by atoms with Crippen molar-refractivity contribution in [3.8, 4) is 5.75 Å². The monoisotopic (exact) mass is 497 g/mol. The molecule has 0 saturated heterocycles. The number of hydrogen-bond donors (Lipinski definition) is 2. The van der Waals surface area contributed by atoms with Crippen molar-refractivity contribution in [2.75, 3.05) is 16.7 Å². The molecule has 1 amide bonds. The highest BCUT2D eigenvalue weighted by Crippen LogP contribution is 2.23. The number of nitrogens with one attached hydrogen (secondary N) is 2. The molecule has 178 valence electrons. The summed E-state index contributed by atoms with van der Waals surface area (Å²) in [6.07, 6.45) is 0.982. The average Bonchev–Trinajstić information content (AvgIpc) is 2.84. The molecule has 3 rings (SSSR count). The highest BCUT2D eigenvalue weighted by atomic mass is 32.2. The Morgan fingerprint density at radius 3 is 2.21 bits per heavy atom. The lowest BCUT2D eigenvalue weighted by molar-refractivity contribution is 0.0977. The lowest BCUT2D eigenvalue weighted by atomic mass is 10.2. The zero-order valence-electron chi connectivity index (χ0n) is 19.2. The molecule has 0 aliphatic heterocycles. The molecule has 0 aliphatic rings.